The Labute approximate surface area is 123 Å². The van der Waals surface area contributed by atoms with Crippen LogP contribution in [-0.4, -0.2) is 43.4 Å². The lowest BCUT2D eigenvalue weighted by Gasteiger charge is -2.25. The number of halogens is 9. The maximum absolute atomic E-state index is 14.1. The number of hydrogen-bond acceptors (Lipinski definition) is 3. The van der Waals surface area contributed by atoms with Crippen LogP contribution in [0, 0.1) is 0 Å². The Bertz CT molecular complexity index is 539. The molecule has 0 bridgehead atoms. The number of carbonyl (C=O) groups excluding carboxylic acids is 1. The smallest absolute Gasteiger partial charge is 0.366 e. The molecule has 0 spiro atoms. The van der Waals surface area contributed by atoms with E-state index in [4.69, 9.17) is 0 Å². The summed E-state index contributed by atoms with van der Waals surface area (Å²) in [7, 11) is -5.68. The Kier molecular flexibility index (Phi) is 6.02. The molecule has 0 saturated heterocycles. The van der Waals surface area contributed by atoms with E-state index in [0.29, 0.717) is 0 Å². The third kappa shape index (κ3) is 5.42. The lowest BCUT2D eigenvalue weighted by atomic mass is 10.1. The fourth-order valence-corrected chi connectivity index (χ4v) is 2.85. The quantitative estimate of drug-likeness (QED) is 0.687. The van der Waals surface area contributed by atoms with Gasteiger partial charge in [-0.2, -0.15) is 35.1 Å². The van der Waals surface area contributed by atoms with Gasteiger partial charge in [-0.25, -0.2) is 12.8 Å². The second-order valence-corrected chi connectivity index (χ2v) is 6.76. The van der Waals surface area contributed by atoms with Crippen LogP contribution in [0.1, 0.15) is 19.3 Å². The van der Waals surface area contributed by atoms with Gasteiger partial charge in [0.2, 0.25) is 0 Å². The molecule has 23 heavy (non-hydrogen) atoms. The van der Waals surface area contributed by atoms with Crippen molar-refractivity contribution in [1.29, 1.82) is 0 Å². The molecular formula is C9H10F9NO3S. The van der Waals surface area contributed by atoms with Gasteiger partial charge in [-0.05, 0) is 0 Å². The molecule has 0 aromatic carbocycles. The molecule has 0 rings (SSSR count). The third-order valence-electron chi connectivity index (χ3n) is 2.69. The Balaban J connectivity index is 5.41. The van der Waals surface area contributed by atoms with Crippen molar-refractivity contribution in [3.8, 4) is 0 Å². The molecule has 0 heterocycles. The first kappa shape index (κ1) is 21.8. The average molecular weight is 383 g/mol. The summed E-state index contributed by atoms with van der Waals surface area (Å²) >= 11 is 0. The van der Waals surface area contributed by atoms with Crippen LogP contribution in [0.3, 0.4) is 0 Å². The van der Waals surface area contributed by atoms with Gasteiger partial charge in [0.05, 0.1) is 12.2 Å². The second kappa shape index (κ2) is 6.36. The maximum Gasteiger partial charge on any atom is 0.453 e. The molecule has 0 aliphatic heterocycles. The van der Waals surface area contributed by atoms with Crippen LogP contribution in [0.2, 0.25) is 0 Å². The van der Waals surface area contributed by atoms with Gasteiger partial charge in [-0.15, -0.1) is 0 Å². The number of primary amides is 1. The Morgan fingerprint density at radius 1 is 0.826 bits per heavy atom. The number of rotatable bonds is 7. The first-order valence-electron chi connectivity index (χ1n) is 5.58. The zero-order chi connectivity index (χ0) is 18.9. The molecular weight excluding hydrogens is 373 g/mol. The van der Waals surface area contributed by atoms with E-state index in [2.05, 4.69) is 5.73 Å². The molecule has 0 radical (unpaired) electrons. The van der Waals surface area contributed by atoms with E-state index in [1.807, 2.05) is 0 Å². The molecule has 1 unspecified atom stereocenters. The van der Waals surface area contributed by atoms with Gasteiger partial charge >= 0.3 is 18.3 Å². The SMILES string of the molecule is NC(=O)C(F)(CCC(F)(F)C(F)(F)F)S(=O)(=O)CCC(F)(F)F. The summed E-state index contributed by atoms with van der Waals surface area (Å²) in [5.41, 5.74) is 4.33. The molecule has 138 valence electrons. The van der Waals surface area contributed by atoms with E-state index in [-0.39, 0.29) is 0 Å². The van der Waals surface area contributed by atoms with Crippen LogP contribution in [0.5, 0.6) is 0 Å². The number of amides is 1. The molecule has 0 fully saturated rings. The summed E-state index contributed by atoms with van der Waals surface area (Å²) in [6.45, 7) is 0. The number of carbonyl (C=O) groups is 1. The van der Waals surface area contributed by atoms with E-state index in [9.17, 15) is 52.7 Å². The molecule has 4 nitrogen and oxygen atoms in total. The van der Waals surface area contributed by atoms with Crippen molar-refractivity contribution in [3.05, 3.63) is 0 Å². The molecule has 1 amide bonds. The molecule has 0 aliphatic rings. The van der Waals surface area contributed by atoms with Crippen molar-refractivity contribution in [2.45, 2.75) is 42.5 Å². The summed E-state index contributed by atoms with van der Waals surface area (Å²) in [6, 6.07) is 0. The van der Waals surface area contributed by atoms with Crippen LogP contribution >= 0.6 is 0 Å². The van der Waals surface area contributed by atoms with E-state index in [1.54, 1.807) is 0 Å². The zero-order valence-corrected chi connectivity index (χ0v) is 11.8. The average Bonchev–Trinajstić information content (AvgIpc) is 2.31. The highest BCUT2D eigenvalue weighted by Gasteiger charge is 2.60. The molecule has 0 aromatic rings. The van der Waals surface area contributed by atoms with Gasteiger partial charge in [0.15, 0.2) is 9.84 Å². The summed E-state index contributed by atoms with van der Waals surface area (Å²) < 4.78 is 134. The predicted octanol–water partition coefficient (Wildman–Crippen LogP) is 2.48. The van der Waals surface area contributed by atoms with Gasteiger partial charge < -0.3 is 5.73 Å². The first-order valence-corrected chi connectivity index (χ1v) is 7.23. The Hall–Kier alpha value is -1.21. The highest BCUT2D eigenvalue weighted by molar-refractivity contribution is 7.93. The van der Waals surface area contributed by atoms with Crippen LogP contribution in [0.15, 0.2) is 0 Å². The minimum absolute atomic E-state index is 2.03. The number of sulfone groups is 1. The van der Waals surface area contributed by atoms with Crippen molar-refractivity contribution in [1.82, 2.24) is 0 Å². The number of alkyl halides is 9. The minimum atomic E-state index is -6.17. The standard InChI is InChI=1S/C9H10F9NO3S/c10-6(5(19)20,1-2-7(11,12)9(16,17)18)23(21,22)4-3-8(13,14)15/h1-4H2,(H2,19,20). The van der Waals surface area contributed by atoms with Crippen molar-refractivity contribution in [2.75, 3.05) is 5.75 Å². The van der Waals surface area contributed by atoms with Gasteiger partial charge in [-0.3, -0.25) is 4.79 Å². The molecule has 14 heteroatoms. The fraction of sp³-hybridized carbons (Fsp3) is 0.889. The van der Waals surface area contributed by atoms with Crippen molar-refractivity contribution < 1.29 is 52.7 Å². The monoisotopic (exact) mass is 383 g/mol. The van der Waals surface area contributed by atoms with Gasteiger partial charge in [0.25, 0.3) is 10.9 Å². The van der Waals surface area contributed by atoms with Crippen LogP contribution < -0.4 is 5.73 Å². The van der Waals surface area contributed by atoms with E-state index >= 15 is 0 Å². The summed E-state index contributed by atoms with van der Waals surface area (Å²) in [6.07, 6.45) is -18.1. The lowest BCUT2D eigenvalue weighted by Crippen LogP contribution is -2.50. The molecule has 0 saturated carbocycles. The van der Waals surface area contributed by atoms with Crippen LogP contribution in [-0.2, 0) is 14.6 Å². The molecule has 0 aliphatic carbocycles. The van der Waals surface area contributed by atoms with E-state index in [0.717, 1.165) is 0 Å². The maximum atomic E-state index is 14.1. The Morgan fingerprint density at radius 2 is 1.26 bits per heavy atom. The minimum Gasteiger partial charge on any atom is -0.366 e. The van der Waals surface area contributed by atoms with Gasteiger partial charge in [0.1, 0.15) is 0 Å². The zero-order valence-electron chi connectivity index (χ0n) is 10.9. The second-order valence-electron chi connectivity index (χ2n) is 4.48. The summed E-state index contributed by atoms with van der Waals surface area (Å²) in [5.74, 6) is -10.1. The summed E-state index contributed by atoms with van der Waals surface area (Å²) in [5, 5.41) is -4.48. The molecule has 0 aromatic heterocycles. The normalized spacial score (nSPS) is 16.9. The van der Waals surface area contributed by atoms with Crippen molar-refractivity contribution in [2.24, 2.45) is 5.73 Å². The largest absolute Gasteiger partial charge is 0.453 e. The lowest BCUT2D eigenvalue weighted by molar-refractivity contribution is -0.285. The van der Waals surface area contributed by atoms with Crippen molar-refractivity contribution >= 4 is 15.7 Å². The third-order valence-corrected chi connectivity index (χ3v) is 4.82. The number of hydrogen-bond donors (Lipinski definition) is 1. The Morgan fingerprint density at radius 3 is 1.57 bits per heavy atom. The highest BCUT2D eigenvalue weighted by atomic mass is 32.2. The van der Waals surface area contributed by atoms with Gasteiger partial charge in [-0.1, -0.05) is 0 Å². The molecule has 1 atom stereocenters. The van der Waals surface area contributed by atoms with E-state index < -0.39 is 64.0 Å². The van der Waals surface area contributed by atoms with E-state index in [1.165, 1.54) is 0 Å². The fourth-order valence-electron chi connectivity index (χ4n) is 1.30. The van der Waals surface area contributed by atoms with Gasteiger partial charge in [0, 0.05) is 12.8 Å². The molecule has 2 N–H and O–H groups in total. The van der Waals surface area contributed by atoms with Crippen LogP contribution in [0.4, 0.5) is 39.5 Å². The van der Waals surface area contributed by atoms with Crippen LogP contribution in [0.25, 0.3) is 0 Å². The highest BCUT2D eigenvalue weighted by Crippen LogP contribution is 2.41. The summed E-state index contributed by atoms with van der Waals surface area (Å²) in [4.78, 5) is 10.8. The van der Waals surface area contributed by atoms with Crippen molar-refractivity contribution in [3.63, 3.8) is 0 Å². The topological polar surface area (TPSA) is 77.2 Å². The first-order chi connectivity index (χ1) is 9.86. The number of nitrogens with two attached hydrogens (primary N) is 1. The predicted molar refractivity (Wildman–Crippen MR) is 57.7 cm³/mol.